The van der Waals surface area contributed by atoms with E-state index in [1.54, 1.807) is 6.07 Å². The van der Waals surface area contributed by atoms with Crippen molar-refractivity contribution in [2.75, 3.05) is 7.11 Å². The first kappa shape index (κ1) is 20.3. The Hall–Kier alpha value is -3.44. The number of thiocarbonyl (C=S) groups is 1. The average molecular weight is 431 g/mol. The third kappa shape index (κ3) is 4.20. The standard InChI is InChI=1S/C18H13N3O6S2/c1-27-14-8-10(6-7-13(14)22)9-15-17(24)20(18(28)29-15)19-16(23)11-4-2-3-5-12(11)21(25)26/h2-9,22H,1H3,(H,19,23)/b15-9+. The Bertz CT molecular complexity index is 1070. The Morgan fingerprint density at radius 2 is 2.07 bits per heavy atom. The number of phenols is 1. The topological polar surface area (TPSA) is 122 Å². The minimum atomic E-state index is -0.832. The van der Waals surface area contributed by atoms with Crippen LogP contribution in [0.2, 0.25) is 0 Å². The largest absolute Gasteiger partial charge is 0.504 e. The van der Waals surface area contributed by atoms with E-state index in [2.05, 4.69) is 5.43 Å². The molecule has 0 saturated carbocycles. The summed E-state index contributed by atoms with van der Waals surface area (Å²) < 4.78 is 5.10. The van der Waals surface area contributed by atoms with Gasteiger partial charge in [-0.3, -0.25) is 25.1 Å². The zero-order valence-electron chi connectivity index (χ0n) is 14.8. The first-order valence-electron chi connectivity index (χ1n) is 8.01. The van der Waals surface area contributed by atoms with Crippen LogP contribution in [0.1, 0.15) is 15.9 Å². The molecule has 3 rings (SSSR count). The number of methoxy groups -OCH3 is 1. The van der Waals surface area contributed by atoms with E-state index in [0.717, 1.165) is 16.8 Å². The number of nitro groups is 1. The number of hydrogen-bond donors (Lipinski definition) is 2. The number of amides is 2. The average Bonchev–Trinajstić information content (AvgIpc) is 2.96. The van der Waals surface area contributed by atoms with Crippen LogP contribution in [0.25, 0.3) is 6.08 Å². The van der Waals surface area contributed by atoms with E-state index >= 15 is 0 Å². The molecule has 29 heavy (non-hydrogen) atoms. The highest BCUT2D eigenvalue weighted by Crippen LogP contribution is 2.33. The summed E-state index contributed by atoms with van der Waals surface area (Å²) in [5, 5.41) is 21.6. The molecular weight excluding hydrogens is 418 g/mol. The highest BCUT2D eigenvalue weighted by molar-refractivity contribution is 8.26. The van der Waals surface area contributed by atoms with Crippen molar-refractivity contribution in [1.82, 2.24) is 10.4 Å². The van der Waals surface area contributed by atoms with Gasteiger partial charge in [-0.25, -0.2) is 0 Å². The van der Waals surface area contributed by atoms with Crippen LogP contribution in [-0.2, 0) is 4.79 Å². The molecule has 0 aromatic heterocycles. The third-order valence-electron chi connectivity index (χ3n) is 3.85. The van der Waals surface area contributed by atoms with Gasteiger partial charge in [0.25, 0.3) is 17.5 Å². The van der Waals surface area contributed by atoms with Gasteiger partial charge in [0.05, 0.1) is 16.9 Å². The molecule has 2 aromatic carbocycles. The Morgan fingerprint density at radius 1 is 1.34 bits per heavy atom. The molecule has 2 amide bonds. The summed E-state index contributed by atoms with van der Waals surface area (Å²) in [7, 11) is 1.40. The molecule has 148 valence electrons. The third-order valence-corrected chi connectivity index (χ3v) is 5.16. The number of nitrogens with one attached hydrogen (secondary N) is 1. The summed E-state index contributed by atoms with van der Waals surface area (Å²) in [6, 6.07) is 9.92. The monoisotopic (exact) mass is 431 g/mol. The van der Waals surface area contributed by atoms with Gasteiger partial charge in [0.15, 0.2) is 15.8 Å². The number of nitro benzene ring substituents is 1. The summed E-state index contributed by atoms with van der Waals surface area (Å²) >= 11 is 6.11. The molecule has 0 atom stereocenters. The van der Waals surface area contributed by atoms with Gasteiger partial charge in [-0.15, -0.1) is 0 Å². The van der Waals surface area contributed by atoms with Gasteiger partial charge in [0, 0.05) is 6.07 Å². The molecule has 1 fully saturated rings. The number of thioether (sulfide) groups is 1. The number of nitrogens with zero attached hydrogens (tertiary/aromatic N) is 2. The van der Waals surface area contributed by atoms with Crippen LogP contribution in [-0.4, -0.2) is 38.3 Å². The van der Waals surface area contributed by atoms with Crippen LogP contribution in [0.4, 0.5) is 5.69 Å². The molecule has 1 heterocycles. The smallest absolute Gasteiger partial charge is 0.285 e. The fourth-order valence-corrected chi connectivity index (χ4v) is 3.67. The van der Waals surface area contributed by atoms with Gasteiger partial charge in [-0.1, -0.05) is 30.0 Å². The lowest BCUT2D eigenvalue weighted by atomic mass is 10.1. The van der Waals surface area contributed by atoms with E-state index in [1.165, 1.54) is 49.6 Å². The van der Waals surface area contributed by atoms with E-state index in [1.807, 2.05) is 0 Å². The minimum absolute atomic E-state index is 0.0473. The number of rotatable bonds is 5. The maximum atomic E-state index is 12.6. The Morgan fingerprint density at radius 3 is 2.76 bits per heavy atom. The molecule has 0 aliphatic carbocycles. The molecule has 0 radical (unpaired) electrons. The molecule has 0 spiro atoms. The molecule has 1 saturated heterocycles. The Balaban J connectivity index is 1.83. The van der Waals surface area contributed by atoms with E-state index in [0.29, 0.717) is 5.56 Å². The number of aromatic hydroxyl groups is 1. The highest BCUT2D eigenvalue weighted by Gasteiger charge is 2.34. The fraction of sp³-hybridized carbons (Fsp3) is 0.0556. The number of para-hydroxylation sites is 1. The van der Waals surface area contributed by atoms with Crippen LogP contribution in [0.15, 0.2) is 47.4 Å². The predicted molar refractivity (Wildman–Crippen MR) is 110 cm³/mol. The van der Waals surface area contributed by atoms with E-state index in [4.69, 9.17) is 17.0 Å². The van der Waals surface area contributed by atoms with Crippen LogP contribution >= 0.6 is 24.0 Å². The van der Waals surface area contributed by atoms with Crippen molar-refractivity contribution >= 4 is 51.9 Å². The Kier molecular flexibility index (Phi) is 5.80. The van der Waals surface area contributed by atoms with Crippen molar-refractivity contribution in [3.63, 3.8) is 0 Å². The van der Waals surface area contributed by atoms with E-state index < -0.39 is 16.7 Å². The molecule has 0 bridgehead atoms. The van der Waals surface area contributed by atoms with Crippen LogP contribution in [0.3, 0.4) is 0 Å². The molecule has 9 nitrogen and oxygen atoms in total. The zero-order valence-corrected chi connectivity index (χ0v) is 16.5. The van der Waals surface area contributed by atoms with Crippen molar-refractivity contribution in [3.8, 4) is 11.5 Å². The highest BCUT2D eigenvalue weighted by atomic mass is 32.2. The van der Waals surface area contributed by atoms with Crippen LogP contribution < -0.4 is 10.2 Å². The Labute approximate surface area is 174 Å². The summed E-state index contributed by atoms with van der Waals surface area (Å²) in [5.74, 6) is -1.23. The van der Waals surface area contributed by atoms with E-state index in [-0.39, 0.29) is 32.0 Å². The normalized spacial score (nSPS) is 14.9. The minimum Gasteiger partial charge on any atom is -0.504 e. The van der Waals surface area contributed by atoms with Gasteiger partial charge >= 0.3 is 0 Å². The number of hydrogen-bond acceptors (Lipinski definition) is 8. The maximum absolute atomic E-state index is 12.6. The summed E-state index contributed by atoms with van der Waals surface area (Å²) in [4.78, 5) is 35.8. The second-order valence-electron chi connectivity index (χ2n) is 5.66. The van der Waals surface area contributed by atoms with Crippen molar-refractivity contribution in [2.45, 2.75) is 0 Å². The number of benzene rings is 2. The number of phenolic OH excluding ortho intramolecular Hbond substituents is 1. The zero-order chi connectivity index (χ0) is 21.1. The fourth-order valence-electron chi connectivity index (χ4n) is 2.49. The lowest BCUT2D eigenvalue weighted by Gasteiger charge is -2.15. The number of ether oxygens (including phenoxy) is 1. The number of carbonyl (C=O) groups is 2. The molecule has 2 aromatic rings. The SMILES string of the molecule is COc1cc(/C=C2/SC(=S)N(NC(=O)c3ccccc3[N+](=O)[O-])C2=O)ccc1O. The second kappa shape index (κ2) is 8.29. The second-order valence-corrected chi connectivity index (χ2v) is 7.34. The summed E-state index contributed by atoms with van der Waals surface area (Å²) in [5.41, 5.74) is 2.30. The molecule has 2 N–H and O–H groups in total. The van der Waals surface area contributed by atoms with Crippen molar-refractivity contribution < 1.29 is 24.4 Å². The van der Waals surface area contributed by atoms with Crippen molar-refractivity contribution in [2.24, 2.45) is 0 Å². The number of carbonyl (C=O) groups excluding carboxylic acids is 2. The van der Waals surface area contributed by atoms with Gasteiger partial charge < -0.3 is 9.84 Å². The lowest BCUT2D eigenvalue weighted by molar-refractivity contribution is -0.385. The first-order chi connectivity index (χ1) is 13.8. The maximum Gasteiger partial charge on any atom is 0.285 e. The van der Waals surface area contributed by atoms with E-state index in [9.17, 15) is 24.8 Å². The molecular formula is C18H13N3O6S2. The molecule has 1 aliphatic rings. The van der Waals surface area contributed by atoms with Crippen molar-refractivity contribution in [3.05, 3.63) is 68.6 Å². The summed E-state index contributed by atoms with van der Waals surface area (Å²) in [6.07, 6.45) is 1.53. The van der Waals surface area contributed by atoms with Crippen LogP contribution in [0, 0.1) is 10.1 Å². The van der Waals surface area contributed by atoms with Gasteiger partial charge in [0.1, 0.15) is 5.56 Å². The summed E-state index contributed by atoms with van der Waals surface area (Å²) in [6.45, 7) is 0. The quantitative estimate of drug-likeness (QED) is 0.321. The number of hydrazine groups is 1. The predicted octanol–water partition coefficient (Wildman–Crippen LogP) is 2.86. The van der Waals surface area contributed by atoms with Gasteiger partial charge in [-0.05, 0) is 42.1 Å². The van der Waals surface area contributed by atoms with Gasteiger partial charge in [0.2, 0.25) is 0 Å². The molecule has 1 aliphatic heterocycles. The molecule has 0 unspecified atom stereocenters. The first-order valence-corrected chi connectivity index (χ1v) is 9.23. The lowest BCUT2D eigenvalue weighted by Crippen LogP contribution is -2.45. The van der Waals surface area contributed by atoms with Crippen LogP contribution in [0.5, 0.6) is 11.5 Å². The van der Waals surface area contributed by atoms with Crippen molar-refractivity contribution in [1.29, 1.82) is 0 Å². The molecule has 11 heteroatoms. The van der Waals surface area contributed by atoms with Gasteiger partial charge in [-0.2, -0.15) is 5.01 Å².